The Kier molecular flexibility index (Phi) is 4.22. The van der Waals surface area contributed by atoms with Crippen LogP contribution >= 0.6 is 0 Å². The molecule has 1 atom stereocenters. The lowest BCUT2D eigenvalue weighted by Gasteiger charge is -2.09. The van der Waals surface area contributed by atoms with Crippen molar-refractivity contribution in [2.45, 2.75) is 18.9 Å². The summed E-state index contributed by atoms with van der Waals surface area (Å²) in [4.78, 5) is 25.2. The summed E-state index contributed by atoms with van der Waals surface area (Å²) in [5.74, 6) is 0.862. The van der Waals surface area contributed by atoms with E-state index in [4.69, 9.17) is 4.42 Å². The van der Waals surface area contributed by atoms with Gasteiger partial charge in [0, 0.05) is 5.56 Å². The Labute approximate surface area is 144 Å². The van der Waals surface area contributed by atoms with Gasteiger partial charge in [-0.15, -0.1) is 0 Å². The van der Waals surface area contributed by atoms with E-state index in [1.54, 1.807) is 12.4 Å². The van der Waals surface area contributed by atoms with Crippen LogP contribution in [0, 0.1) is 0 Å². The SMILES string of the molecule is O=C(Nc1cnc(-c2ccccc2)nc1)c1ncoc1C1CCCN1. The van der Waals surface area contributed by atoms with Gasteiger partial charge in [0.05, 0.1) is 24.1 Å². The second kappa shape index (κ2) is 6.82. The van der Waals surface area contributed by atoms with Crippen molar-refractivity contribution in [3.8, 4) is 11.4 Å². The Morgan fingerprint density at radius 1 is 1.16 bits per heavy atom. The molecule has 0 aliphatic carbocycles. The van der Waals surface area contributed by atoms with Gasteiger partial charge in [-0.05, 0) is 19.4 Å². The maximum atomic E-state index is 12.5. The highest BCUT2D eigenvalue weighted by Crippen LogP contribution is 2.26. The molecule has 2 aromatic heterocycles. The van der Waals surface area contributed by atoms with Gasteiger partial charge < -0.3 is 15.1 Å². The zero-order valence-electron chi connectivity index (χ0n) is 13.5. The molecule has 3 heterocycles. The topological polar surface area (TPSA) is 92.9 Å². The first-order valence-electron chi connectivity index (χ1n) is 8.17. The van der Waals surface area contributed by atoms with Gasteiger partial charge in [0.2, 0.25) is 0 Å². The normalized spacial score (nSPS) is 16.7. The standard InChI is InChI=1S/C18H17N5O2/c24-18(15-16(25-11-22-15)14-7-4-8-19-14)23-13-9-20-17(21-10-13)12-5-2-1-3-6-12/h1-3,5-6,9-11,14,19H,4,7-8H2,(H,23,24). The van der Waals surface area contributed by atoms with Crippen LogP contribution in [0.4, 0.5) is 5.69 Å². The Morgan fingerprint density at radius 2 is 1.96 bits per heavy atom. The van der Waals surface area contributed by atoms with Crippen LogP contribution in [0.2, 0.25) is 0 Å². The van der Waals surface area contributed by atoms with Crippen molar-refractivity contribution < 1.29 is 9.21 Å². The fourth-order valence-electron chi connectivity index (χ4n) is 2.90. The average molecular weight is 335 g/mol. The number of carbonyl (C=O) groups is 1. The number of hydrogen-bond acceptors (Lipinski definition) is 6. The molecule has 1 saturated heterocycles. The Hall–Kier alpha value is -3.06. The number of nitrogens with zero attached hydrogens (tertiary/aromatic N) is 3. The number of aromatic nitrogens is 3. The summed E-state index contributed by atoms with van der Waals surface area (Å²) in [6.07, 6.45) is 6.46. The summed E-state index contributed by atoms with van der Waals surface area (Å²) in [5.41, 5.74) is 1.73. The molecule has 4 rings (SSSR count). The van der Waals surface area contributed by atoms with Crippen LogP contribution in [-0.2, 0) is 0 Å². The Morgan fingerprint density at radius 3 is 2.68 bits per heavy atom. The molecule has 1 aromatic carbocycles. The van der Waals surface area contributed by atoms with E-state index in [-0.39, 0.29) is 11.9 Å². The maximum Gasteiger partial charge on any atom is 0.278 e. The average Bonchev–Trinajstić information content (AvgIpc) is 3.34. The molecule has 0 radical (unpaired) electrons. The largest absolute Gasteiger partial charge is 0.446 e. The predicted molar refractivity (Wildman–Crippen MR) is 91.9 cm³/mol. The first-order chi connectivity index (χ1) is 12.3. The molecule has 0 bridgehead atoms. The smallest absolute Gasteiger partial charge is 0.278 e. The van der Waals surface area contributed by atoms with Crippen molar-refractivity contribution >= 4 is 11.6 Å². The third-order valence-corrected chi connectivity index (χ3v) is 4.13. The number of carbonyl (C=O) groups excluding carboxylic acids is 1. The highest BCUT2D eigenvalue weighted by atomic mass is 16.3. The van der Waals surface area contributed by atoms with Crippen LogP contribution in [0.1, 0.15) is 35.1 Å². The molecule has 7 heteroatoms. The van der Waals surface area contributed by atoms with Gasteiger partial charge in [0.15, 0.2) is 23.7 Å². The molecule has 0 spiro atoms. The molecule has 7 nitrogen and oxygen atoms in total. The molecule has 1 aliphatic heterocycles. The zero-order valence-corrected chi connectivity index (χ0v) is 13.5. The summed E-state index contributed by atoms with van der Waals surface area (Å²) in [7, 11) is 0. The van der Waals surface area contributed by atoms with Crippen LogP contribution in [0.25, 0.3) is 11.4 Å². The van der Waals surface area contributed by atoms with E-state index in [0.717, 1.165) is 24.9 Å². The highest BCUT2D eigenvalue weighted by molar-refractivity contribution is 6.03. The quantitative estimate of drug-likeness (QED) is 0.761. The van der Waals surface area contributed by atoms with Gasteiger partial charge in [-0.2, -0.15) is 0 Å². The number of nitrogens with one attached hydrogen (secondary N) is 2. The van der Waals surface area contributed by atoms with Crippen LogP contribution in [0.15, 0.2) is 53.5 Å². The second-order valence-corrected chi connectivity index (χ2v) is 5.83. The van der Waals surface area contributed by atoms with Gasteiger partial charge in [-0.3, -0.25) is 4.79 Å². The van der Waals surface area contributed by atoms with Crippen molar-refractivity contribution in [3.05, 3.63) is 60.6 Å². The van der Waals surface area contributed by atoms with E-state index in [2.05, 4.69) is 25.6 Å². The Balaban J connectivity index is 1.49. The van der Waals surface area contributed by atoms with Crippen molar-refractivity contribution in [3.63, 3.8) is 0 Å². The van der Waals surface area contributed by atoms with Crippen molar-refractivity contribution in [1.29, 1.82) is 0 Å². The number of hydrogen-bond donors (Lipinski definition) is 2. The molecule has 126 valence electrons. The first-order valence-corrected chi connectivity index (χ1v) is 8.17. The minimum absolute atomic E-state index is 0.0416. The summed E-state index contributed by atoms with van der Waals surface area (Å²) in [6.45, 7) is 0.918. The number of anilines is 1. The lowest BCUT2D eigenvalue weighted by Crippen LogP contribution is -2.19. The predicted octanol–water partition coefficient (Wildman–Crippen LogP) is 2.81. The van der Waals surface area contributed by atoms with Crippen LogP contribution < -0.4 is 10.6 Å². The van der Waals surface area contributed by atoms with E-state index < -0.39 is 0 Å². The molecule has 1 aliphatic rings. The van der Waals surface area contributed by atoms with Gasteiger partial charge >= 0.3 is 0 Å². The van der Waals surface area contributed by atoms with E-state index in [1.807, 2.05) is 30.3 Å². The highest BCUT2D eigenvalue weighted by Gasteiger charge is 2.26. The molecule has 1 unspecified atom stereocenters. The molecule has 1 fully saturated rings. The van der Waals surface area contributed by atoms with Crippen LogP contribution in [0.3, 0.4) is 0 Å². The molecule has 25 heavy (non-hydrogen) atoms. The molecule has 2 N–H and O–H groups in total. The fourth-order valence-corrected chi connectivity index (χ4v) is 2.90. The van der Waals surface area contributed by atoms with Crippen molar-refractivity contribution in [2.24, 2.45) is 0 Å². The van der Waals surface area contributed by atoms with Gasteiger partial charge in [-0.1, -0.05) is 30.3 Å². The van der Waals surface area contributed by atoms with E-state index in [9.17, 15) is 4.79 Å². The van der Waals surface area contributed by atoms with Gasteiger partial charge in [0.1, 0.15) is 0 Å². The molecular formula is C18H17N5O2. The number of amides is 1. The molecule has 0 saturated carbocycles. The first kappa shape index (κ1) is 15.5. The zero-order chi connectivity index (χ0) is 17.1. The van der Waals surface area contributed by atoms with E-state index in [0.29, 0.717) is 23.0 Å². The summed E-state index contributed by atoms with van der Waals surface area (Å²) < 4.78 is 5.42. The van der Waals surface area contributed by atoms with E-state index in [1.165, 1.54) is 6.39 Å². The number of oxazole rings is 1. The monoisotopic (exact) mass is 335 g/mol. The number of benzene rings is 1. The second-order valence-electron chi connectivity index (χ2n) is 5.83. The molecule has 3 aromatic rings. The summed E-state index contributed by atoms with van der Waals surface area (Å²) in [6, 6.07) is 9.70. The van der Waals surface area contributed by atoms with Gasteiger partial charge in [-0.25, -0.2) is 15.0 Å². The minimum Gasteiger partial charge on any atom is -0.446 e. The van der Waals surface area contributed by atoms with E-state index >= 15 is 0 Å². The van der Waals surface area contributed by atoms with Crippen LogP contribution in [-0.4, -0.2) is 27.4 Å². The van der Waals surface area contributed by atoms with Gasteiger partial charge in [0.25, 0.3) is 5.91 Å². The van der Waals surface area contributed by atoms with Crippen molar-refractivity contribution in [1.82, 2.24) is 20.3 Å². The third-order valence-electron chi connectivity index (χ3n) is 4.13. The molecular weight excluding hydrogens is 318 g/mol. The maximum absolute atomic E-state index is 12.5. The molecule has 1 amide bonds. The Bertz CT molecular complexity index is 855. The fraction of sp³-hybridized carbons (Fsp3) is 0.222. The van der Waals surface area contributed by atoms with Crippen LogP contribution in [0.5, 0.6) is 0 Å². The third kappa shape index (κ3) is 3.27. The van der Waals surface area contributed by atoms with Crippen molar-refractivity contribution in [2.75, 3.05) is 11.9 Å². The summed E-state index contributed by atoms with van der Waals surface area (Å²) in [5, 5.41) is 6.08. The summed E-state index contributed by atoms with van der Waals surface area (Å²) >= 11 is 0. The lowest BCUT2D eigenvalue weighted by atomic mass is 10.1. The minimum atomic E-state index is -0.325. The number of rotatable bonds is 4. The lowest BCUT2D eigenvalue weighted by molar-refractivity contribution is 0.102.